The largest absolute Gasteiger partial charge is 0.448 e. The molecule has 0 unspecified atom stereocenters. The van der Waals surface area contributed by atoms with Crippen LogP contribution in [0.5, 0.6) is 0 Å². The number of fused-ring (bicyclic) bond motifs is 3. The zero-order chi connectivity index (χ0) is 22.1. The highest BCUT2D eigenvalue weighted by Gasteiger charge is 2.25. The molecule has 164 valence electrons. The van der Waals surface area contributed by atoms with Crippen LogP contribution in [0.25, 0.3) is 22.1 Å². The highest BCUT2D eigenvalue weighted by Crippen LogP contribution is 2.34. The average Bonchev–Trinajstić information content (AvgIpc) is 3.46. The van der Waals surface area contributed by atoms with Crippen LogP contribution in [0.15, 0.2) is 67.8 Å². The van der Waals surface area contributed by atoms with Crippen molar-refractivity contribution >= 4 is 57.2 Å². The molecule has 8 heteroatoms. The predicted molar refractivity (Wildman–Crippen MR) is 131 cm³/mol. The molecule has 2 heterocycles. The van der Waals surface area contributed by atoms with Crippen LogP contribution in [0.3, 0.4) is 0 Å². The Morgan fingerprint density at radius 2 is 2.00 bits per heavy atom. The van der Waals surface area contributed by atoms with Crippen molar-refractivity contribution in [1.82, 2.24) is 9.55 Å². The highest BCUT2D eigenvalue weighted by atomic mass is 32.2. The van der Waals surface area contributed by atoms with Gasteiger partial charge < -0.3 is 9.73 Å². The number of thioether (sulfide) groups is 2. The predicted octanol–water partition coefficient (Wildman–Crippen LogP) is 5.71. The van der Waals surface area contributed by atoms with Gasteiger partial charge in [-0.05, 0) is 49.4 Å². The molecule has 1 aliphatic rings. The summed E-state index contributed by atoms with van der Waals surface area (Å²) >= 11 is 2.93. The van der Waals surface area contributed by atoms with Crippen molar-refractivity contribution in [3.05, 3.63) is 58.9 Å². The van der Waals surface area contributed by atoms with E-state index in [9.17, 15) is 9.59 Å². The standard InChI is InChI=1S/C24H23N3O3S2/c1-31-17-10-6-7-15(13-17)25-20(28)14-32-24-26-21-18-11-4-5-12-19(18)30-22(21)23(29)27(24)16-8-2-3-9-16/h4-7,10-13,16H,2-3,8-9,14H2,1H3,(H,25,28). The fraction of sp³-hybridized carbons (Fsp3) is 0.292. The molecule has 0 aliphatic heterocycles. The zero-order valence-electron chi connectivity index (χ0n) is 17.7. The minimum atomic E-state index is -0.159. The van der Waals surface area contributed by atoms with Crippen LogP contribution in [0, 0.1) is 0 Å². The first-order chi connectivity index (χ1) is 15.6. The first kappa shape index (κ1) is 21.2. The Hall–Kier alpha value is -2.71. The molecule has 1 saturated carbocycles. The molecule has 0 bridgehead atoms. The van der Waals surface area contributed by atoms with Gasteiger partial charge in [-0.15, -0.1) is 11.8 Å². The zero-order valence-corrected chi connectivity index (χ0v) is 19.3. The van der Waals surface area contributed by atoms with Crippen LogP contribution in [0.2, 0.25) is 0 Å². The van der Waals surface area contributed by atoms with E-state index in [1.165, 1.54) is 11.8 Å². The SMILES string of the molecule is CSc1cccc(NC(=O)CSc2nc3c(oc4ccccc43)c(=O)n2C2CCCC2)c1. The molecule has 2 aromatic carbocycles. The van der Waals surface area contributed by atoms with Crippen molar-refractivity contribution in [2.45, 2.75) is 41.8 Å². The van der Waals surface area contributed by atoms with E-state index in [0.717, 1.165) is 41.7 Å². The molecular formula is C24H23N3O3S2. The van der Waals surface area contributed by atoms with Crippen molar-refractivity contribution in [1.29, 1.82) is 0 Å². The molecule has 1 fully saturated rings. The maximum atomic E-state index is 13.4. The normalized spacial score (nSPS) is 14.4. The number of anilines is 1. The van der Waals surface area contributed by atoms with E-state index in [-0.39, 0.29) is 23.3 Å². The molecule has 0 radical (unpaired) electrons. The summed E-state index contributed by atoms with van der Waals surface area (Å²) in [4.78, 5) is 32.0. The Bertz CT molecular complexity index is 1360. The summed E-state index contributed by atoms with van der Waals surface area (Å²) in [5.74, 6) is 0.0434. The average molecular weight is 466 g/mol. The maximum absolute atomic E-state index is 13.4. The summed E-state index contributed by atoms with van der Waals surface area (Å²) in [7, 11) is 0. The van der Waals surface area contributed by atoms with Crippen molar-refractivity contribution in [3.8, 4) is 0 Å². The summed E-state index contributed by atoms with van der Waals surface area (Å²) in [6.07, 6.45) is 6.06. The molecule has 5 rings (SSSR count). The summed E-state index contributed by atoms with van der Waals surface area (Å²) in [6, 6.07) is 15.4. The van der Waals surface area contributed by atoms with Crippen LogP contribution >= 0.6 is 23.5 Å². The molecule has 0 atom stereocenters. The molecule has 1 N–H and O–H groups in total. The van der Waals surface area contributed by atoms with Crippen LogP contribution in [-0.2, 0) is 4.79 Å². The number of furan rings is 1. The van der Waals surface area contributed by atoms with Crippen LogP contribution in [0.1, 0.15) is 31.7 Å². The number of carbonyl (C=O) groups is 1. The topological polar surface area (TPSA) is 77.1 Å². The van der Waals surface area contributed by atoms with Gasteiger partial charge in [0.15, 0.2) is 5.16 Å². The number of amides is 1. The number of nitrogens with zero attached hydrogens (tertiary/aromatic N) is 2. The highest BCUT2D eigenvalue weighted by molar-refractivity contribution is 7.99. The van der Waals surface area contributed by atoms with Gasteiger partial charge in [0.25, 0.3) is 5.56 Å². The van der Waals surface area contributed by atoms with Gasteiger partial charge in [-0.2, -0.15) is 0 Å². The molecule has 0 saturated heterocycles. The molecule has 32 heavy (non-hydrogen) atoms. The number of hydrogen-bond donors (Lipinski definition) is 1. The van der Waals surface area contributed by atoms with E-state index in [1.807, 2.05) is 54.8 Å². The number of hydrogen-bond acceptors (Lipinski definition) is 6. The Balaban J connectivity index is 1.47. The van der Waals surface area contributed by atoms with Crippen molar-refractivity contribution in [2.75, 3.05) is 17.3 Å². The number of para-hydroxylation sites is 1. The first-order valence-electron chi connectivity index (χ1n) is 10.6. The molecule has 6 nitrogen and oxygen atoms in total. The Labute approximate surface area is 193 Å². The maximum Gasteiger partial charge on any atom is 0.298 e. The molecule has 2 aromatic heterocycles. The second kappa shape index (κ2) is 9.03. The Morgan fingerprint density at radius 3 is 2.81 bits per heavy atom. The monoisotopic (exact) mass is 465 g/mol. The van der Waals surface area contributed by atoms with Gasteiger partial charge in [0.2, 0.25) is 11.5 Å². The van der Waals surface area contributed by atoms with E-state index in [4.69, 9.17) is 9.40 Å². The van der Waals surface area contributed by atoms with E-state index < -0.39 is 0 Å². The minimum absolute atomic E-state index is 0.0939. The van der Waals surface area contributed by atoms with Crippen molar-refractivity contribution < 1.29 is 9.21 Å². The number of rotatable bonds is 6. The summed E-state index contributed by atoms with van der Waals surface area (Å²) < 4.78 is 7.63. The quantitative estimate of drug-likeness (QED) is 0.290. The molecule has 0 spiro atoms. The molecule has 1 aliphatic carbocycles. The van der Waals surface area contributed by atoms with E-state index in [0.29, 0.717) is 21.8 Å². The number of benzene rings is 2. The summed E-state index contributed by atoms with van der Waals surface area (Å²) in [5.41, 5.74) is 2.11. The second-order valence-electron chi connectivity index (χ2n) is 7.85. The third kappa shape index (κ3) is 4.04. The van der Waals surface area contributed by atoms with Gasteiger partial charge in [-0.1, -0.05) is 42.8 Å². The van der Waals surface area contributed by atoms with Gasteiger partial charge >= 0.3 is 0 Å². The lowest BCUT2D eigenvalue weighted by molar-refractivity contribution is -0.113. The van der Waals surface area contributed by atoms with E-state index in [2.05, 4.69) is 5.32 Å². The molecule has 1 amide bonds. The van der Waals surface area contributed by atoms with Crippen molar-refractivity contribution in [2.24, 2.45) is 0 Å². The second-order valence-corrected chi connectivity index (χ2v) is 9.67. The van der Waals surface area contributed by atoms with Gasteiger partial charge in [-0.25, -0.2) is 4.98 Å². The lowest BCUT2D eigenvalue weighted by Crippen LogP contribution is -2.26. The number of aromatic nitrogens is 2. The van der Waals surface area contributed by atoms with Crippen molar-refractivity contribution in [3.63, 3.8) is 0 Å². The fourth-order valence-corrected chi connectivity index (χ4v) is 5.57. The molecule has 4 aromatic rings. The number of carbonyl (C=O) groups excluding carboxylic acids is 1. The smallest absolute Gasteiger partial charge is 0.298 e. The Morgan fingerprint density at radius 1 is 1.19 bits per heavy atom. The van der Waals surface area contributed by atoms with E-state index in [1.54, 1.807) is 16.3 Å². The third-order valence-corrected chi connectivity index (χ3v) is 7.45. The lowest BCUT2D eigenvalue weighted by Gasteiger charge is -2.17. The lowest BCUT2D eigenvalue weighted by atomic mass is 10.2. The van der Waals surface area contributed by atoms with Gasteiger partial charge in [0, 0.05) is 22.0 Å². The third-order valence-electron chi connectivity index (χ3n) is 5.77. The minimum Gasteiger partial charge on any atom is -0.448 e. The van der Waals surface area contributed by atoms with Crippen LogP contribution in [0.4, 0.5) is 5.69 Å². The first-order valence-corrected chi connectivity index (χ1v) is 12.9. The molecular weight excluding hydrogens is 442 g/mol. The number of nitrogens with one attached hydrogen (secondary N) is 1. The summed E-state index contributed by atoms with van der Waals surface area (Å²) in [6.45, 7) is 0. The van der Waals surface area contributed by atoms with Crippen LogP contribution in [-0.4, -0.2) is 27.5 Å². The summed E-state index contributed by atoms with van der Waals surface area (Å²) in [5, 5.41) is 4.34. The van der Waals surface area contributed by atoms with Gasteiger partial charge in [0.1, 0.15) is 11.1 Å². The fourth-order valence-electron chi connectivity index (χ4n) is 4.25. The van der Waals surface area contributed by atoms with Gasteiger partial charge in [0.05, 0.1) is 5.75 Å². The van der Waals surface area contributed by atoms with Crippen LogP contribution < -0.4 is 10.9 Å². The Kier molecular flexibility index (Phi) is 5.97. The van der Waals surface area contributed by atoms with E-state index >= 15 is 0 Å². The van der Waals surface area contributed by atoms with Gasteiger partial charge in [-0.3, -0.25) is 14.2 Å².